The largest absolute Gasteiger partial charge is 0.299 e. The molecule has 1 saturated heterocycles. The van der Waals surface area contributed by atoms with Crippen LogP contribution in [0.15, 0.2) is 91.4 Å². The molecule has 40 heavy (non-hydrogen) atoms. The fourth-order valence-corrected chi connectivity index (χ4v) is 5.52. The van der Waals surface area contributed by atoms with Crippen LogP contribution in [-0.4, -0.2) is 52.5 Å². The number of nitrogens with one attached hydrogen (secondary N) is 1. The van der Waals surface area contributed by atoms with Gasteiger partial charge in [-0.25, -0.2) is 15.0 Å². The quantitative estimate of drug-likeness (QED) is 0.289. The molecule has 198 valence electrons. The molecule has 0 unspecified atom stereocenters. The summed E-state index contributed by atoms with van der Waals surface area (Å²) in [6.45, 7) is 5.02. The number of hydrogen-bond donors (Lipinski definition) is 1. The number of benzene rings is 2. The van der Waals surface area contributed by atoms with Gasteiger partial charge in [-0.1, -0.05) is 60.7 Å². The number of pyridine rings is 1. The third kappa shape index (κ3) is 4.78. The zero-order valence-corrected chi connectivity index (χ0v) is 22.4. The molecular formula is C32H30N8. The van der Waals surface area contributed by atoms with Gasteiger partial charge >= 0.3 is 0 Å². The number of aromatic nitrogens is 7. The summed E-state index contributed by atoms with van der Waals surface area (Å²) in [6, 6.07) is 25.2. The van der Waals surface area contributed by atoms with Crippen LogP contribution in [0.1, 0.15) is 35.7 Å². The van der Waals surface area contributed by atoms with Crippen LogP contribution in [0, 0.1) is 6.92 Å². The summed E-state index contributed by atoms with van der Waals surface area (Å²) in [5.74, 6) is 2.74. The summed E-state index contributed by atoms with van der Waals surface area (Å²) in [5.41, 5.74) is 7.47. The average Bonchev–Trinajstić information content (AvgIpc) is 3.65. The Morgan fingerprint density at radius 3 is 2.45 bits per heavy atom. The second-order valence-corrected chi connectivity index (χ2v) is 10.5. The number of piperidine rings is 1. The predicted octanol–water partition coefficient (Wildman–Crippen LogP) is 5.93. The van der Waals surface area contributed by atoms with Crippen LogP contribution in [0.3, 0.4) is 0 Å². The van der Waals surface area contributed by atoms with Gasteiger partial charge in [0, 0.05) is 42.2 Å². The fourth-order valence-electron chi connectivity index (χ4n) is 5.52. The predicted molar refractivity (Wildman–Crippen MR) is 155 cm³/mol. The fraction of sp³-hybridized carbons (Fsp3) is 0.219. The SMILES string of the molecule is Cc1ccc(-c2n[nH]c(C3CCN(Cc4ccc(-c5nc6ncccn6c5-c5ccccc5)cc4)CC3)n2)nc1. The molecule has 1 aliphatic rings. The Morgan fingerprint density at radius 2 is 1.68 bits per heavy atom. The molecule has 0 radical (unpaired) electrons. The van der Waals surface area contributed by atoms with E-state index in [-0.39, 0.29) is 0 Å². The van der Waals surface area contributed by atoms with E-state index in [0.717, 1.165) is 72.1 Å². The van der Waals surface area contributed by atoms with Gasteiger partial charge in [-0.2, -0.15) is 5.10 Å². The Hall–Kier alpha value is -4.69. The normalized spacial score (nSPS) is 14.6. The van der Waals surface area contributed by atoms with Crippen molar-refractivity contribution < 1.29 is 0 Å². The van der Waals surface area contributed by atoms with Crippen LogP contribution in [0.5, 0.6) is 0 Å². The highest BCUT2D eigenvalue weighted by atomic mass is 15.2. The summed E-state index contributed by atoms with van der Waals surface area (Å²) in [6.07, 6.45) is 7.78. The average molecular weight is 527 g/mol. The minimum Gasteiger partial charge on any atom is -0.299 e. The van der Waals surface area contributed by atoms with Gasteiger partial charge in [0.1, 0.15) is 11.5 Å². The van der Waals surface area contributed by atoms with E-state index < -0.39 is 0 Å². The number of fused-ring (bicyclic) bond motifs is 1. The lowest BCUT2D eigenvalue weighted by molar-refractivity contribution is 0.202. The number of hydrogen-bond acceptors (Lipinski definition) is 6. The first-order chi connectivity index (χ1) is 19.7. The van der Waals surface area contributed by atoms with Crippen molar-refractivity contribution >= 4 is 5.78 Å². The monoisotopic (exact) mass is 526 g/mol. The van der Waals surface area contributed by atoms with Crippen LogP contribution in [0.2, 0.25) is 0 Å². The molecule has 6 aromatic rings. The van der Waals surface area contributed by atoms with Crippen molar-refractivity contribution in [1.29, 1.82) is 0 Å². The summed E-state index contributed by atoms with van der Waals surface area (Å²) in [5, 5.41) is 7.60. The molecule has 2 aromatic carbocycles. The highest BCUT2D eigenvalue weighted by Crippen LogP contribution is 2.33. The standard InChI is InChI=1S/C32H30N8/c1-22-8-13-27(34-20-22)31-36-30(37-38-31)26-14-18-39(19-15-26)21-23-9-11-24(12-10-23)28-29(25-6-3-2-4-7-25)40-17-5-16-33-32(40)35-28/h2-13,16-17,20,26H,14-15,18-19,21H2,1H3,(H,36,37,38). The minimum absolute atomic E-state index is 0.394. The van der Waals surface area contributed by atoms with Crippen LogP contribution in [0.4, 0.5) is 0 Å². The van der Waals surface area contributed by atoms with Gasteiger partial charge in [0.2, 0.25) is 5.78 Å². The smallest absolute Gasteiger partial charge is 0.234 e. The highest BCUT2D eigenvalue weighted by molar-refractivity contribution is 5.81. The molecule has 0 spiro atoms. The third-order valence-corrected chi connectivity index (χ3v) is 7.70. The van der Waals surface area contributed by atoms with Gasteiger partial charge in [-0.05, 0) is 56.1 Å². The van der Waals surface area contributed by atoms with Crippen molar-refractivity contribution in [2.24, 2.45) is 0 Å². The van der Waals surface area contributed by atoms with Gasteiger partial charge in [0.15, 0.2) is 5.82 Å². The number of likely N-dealkylation sites (tertiary alicyclic amines) is 1. The molecular weight excluding hydrogens is 496 g/mol. The Balaban J connectivity index is 1.03. The van der Waals surface area contributed by atoms with E-state index in [2.05, 4.69) is 78.0 Å². The molecule has 1 N–H and O–H groups in total. The Kier molecular flexibility index (Phi) is 6.37. The lowest BCUT2D eigenvalue weighted by Gasteiger charge is -2.30. The molecule has 0 atom stereocenters. The van der Waals surface area contributed by atoms with Crippen LogP contribution in [0.25, 0.3) is 39.8 Å². The van der Waals surface area contributed by atoms with Crippen molar-refractivity contribution in [2.45, 2.75) is 32.2 Å². The van der Waals surface area contributed by atoms with E-state index in [1.165, 1.54) is 5.56 Å². The number of nitrogens with zero attached hydrogens (tertiary/aromatic N) is 7. The number of rotatable bonds is 6. The molecule has 8 heteroatoms. The van der Waals surface area contributed by atoms with Gasteiger partial charge < -0.3 is 0 Å². The first-order valence-corrected chi connectivity index (χ1v) is 13.8. The van der Waals surface area contributed by atoms with Crippen LogP contribution < -0.4 is 0 Å². The summed E-state index contributed by atoms with van der Waals surface area (Å²) in [7, 11) is 0. The maximum absolute atomic E-state index is 4.89. The Morgan fingerprint density at radius 1 is 0.850 bits per heavy atom. The van der Waals surface area contributed by atoms with E-state index >= 15 is 0 Å². The zero-order chi connectivity index (χ0) is 26.9. The second-order valence-electron chi connectivity index (χ2n) is 10.5. The number of H-pyrrole nitrogens is 1. The van der Waals surface area contributed by atoms with E-state index in [1.807, 2.05) is 43.6 Å². The van der Waals surface area contributed by atoms with E-state index in [1.54, 1.807) is 6.20 Å². The number of imidazole rings is 1. The van der Waals surface area contributed by atoms with Crippen LogP contribution >= 0.6 is 0 Å². The van der Waals surface area contributed by atoms with Crippen molar-refractivity contribution in [3.8, 4) is 34.0 Å². The molecule has 0 aliphatic carbocycles. The van der Waals surface area contributed by atoms with Crippen molar-refractivity contribution in [3.63, 3.8) is 0 Å². The van der Waals surface area contributed by atoms with E-state index in [0.29, 0.717) is 17.5 Å². The molecule has 7 rings (SSSR count). The first kappa shape index (κ1) is 24.4. The zero-order valence-electron chi connectivity index (χ0n) is 22.4. The molecule has 8 nitrogen and oxygen atoms in total. The van der Waals surface area contributed by atoms with Gasteiger partial charge in [0.05, 0.1) is 11.4 Å². The Bertz CT molecular complexity index is 1730. The van der Waals surface area contributed by atoms with E-state index in [9.17, 15) is 0 Å². The minimum atomic E-state index is 0.394. The maximum Gasteiger partial charge on any atom is 0.234 e. The van der Waals surface area contributed by atoms with Crippen molar-refractivity contribution in [3.05, 3.63) is 108 Å². The maximum atomic E-state index is 4.89. The van der Waals surface area contributed by atoms with Gasteiger partial charge in [0.25, 0.3) is 0 Å². The number of aryl methyl sites for hydroxylation is 1. The summed E-state index contributed by atoms with van der Waals surface area (Å²) < 4.78 is 2.07. The molecule has 1 fully saturated rings. The molecule has 0 bridgehead atoms. The molecule has 0 amide bonds. The molecule has 4 aromatic heterocycles. The second kappa shape index (κ2) is 10.5. The Labute approximate surface area is 232 Å². The topological polar surface area (TPSA) is 87.9 Å². The first-order valence-electron chi connectivity index (χ1n) is 13.8. The lowest BCUT2D eigenvalue weighted by atomic mass is 9.95. The lowest BCUT2D eigenvalue weighted by Crippen LogP contribution is -2.32. The summed E-state index contributed by atoms with van der Waals surface area (Å²) in [4.78, 5) is 21.1. The summed E-state index contributed by atoms with van der Waals surface area (Å²) >= 11 is 0. The molecule has 5 heterocycles. The van der Waals surface area contributed by atoms with Crippen molar-refractivity contribution in [2.75, 3.05) is 13.1 Å². The highest BCUT2D eigenvalue weighted by Gasteiger charge is 2.24. The van der Waals surface area contributed by atoms with Gasteiger partial charge in [-0.15, -0.1) is 0 Å². The third-order valence-electron chi connectivity index (χ3n) is 7.70. The number of aromatic amines is 1. The van der Waals surface area contributed by atoms with Crippen molar-refractivity contribution in [1.82, 2.24) is 39.4 Å². The van der Waals surface area contributed by atoms with Crippen LogP contribution in [-0.2, 0) is 6.54 Å². The van der Waals surface area contributed by atoms with E-state index in [4.69, 9.17) is 9.97 Å². The molecule has 1 aliphatic heterocycles. The molecule has 0 saturated carbocycles. The van der Waals surface area contributed by atoms with Gasteiger partial charge in [-0.3, -0.25) is 19.4 Å².